The molecule has 2 unspecified atom stereocenters. The van der Waals surface area contributed by atoms with Gasteiger partial charge in [-0.1, -0.05) is 84.9 Å². The number of phenols is 1. The molecule has 5 nitrogen and oxygen atoms in total. The monoisotopic (exact) mass is 510 g/mol. The number of aryl methyl sites for hydroxylation is 2. The summed E-state index contributed by atoms with van der Waals surface area (Å²) in [5.41, 5.74) is 4.90. The Morgan fingerprint density at radius 3 is 2.38 bits per heavy atom. The summed E-state index contributed by atoms with van der Waals surface area (Å²) in [7, 11) is 0. The number of aromatic hydroxyl groups is 1. The molecule has 1 aromatic carbocycles. The molecule has 208 valence electrons. The van der Waals surface area contributed by atoms with Gasteiger partial charge in [0.05, 0.1) is 5.69 Å². The molecule has 0 radical (unpaired) electrons. The van der Waals surface area contributed by atoms with Crippen LogP contribution in [0.15, 0.2) is 36.7 Å². The highest BCUT2D eigenvalue weighted by Gasteiger charge is 2.24. The summed E-state index contributed by atoms with van der Waals surface area (Å²) in [6, 6.07) is 7.91. The third kappa shape index (κ3) is 11.7. The number of hydrogen-bond acceptors (Lipinski definition) is 5. The van der Waals surface area contributed by atoms with Crippen molar-refractivity contribution in [1.82, 2.24) is 15.3 Å². The number of benzene rings is 1. The van der Waals surface area contributed by atoms with Crippen molar-refractivity contribution < 1.29 is 5.11 Å². The van der Waals surface area contributed by atoms with Gasteiger partial charge in [-0.05, 0) is 62.8 Å². The van der Waals surface area contributed by atoms with E-state index in [0.717, 1.165) is 50.4 Å². The summed E-state index contributed by atoms with van der Waals surface area (Å²) in [4.78, 5) is 11.5. The standard InChI is InChI=1S/C17H28N4.C9H12O.C6H14/c1-6-12(3)15(7-2)16-14(5)19-11-20-17(16)21-9-8-18-13(4)10-21;1-2-4-8-5-3-6-9(10)7-8;1-3-5-6-4-2/h7,11-13,18H,6,8-10H2,1-5H3;3,5-7,10H,2,4H2,1H3;3-6H2,1-2H3/b15-7-;;. The maximum atomic E-state index is 9.04. The van der Waals surface area contributed by atoms with Crippen molar-refractivity contribution in [3.63, 3.8) is 0 Å². The Bertz CT molecular complexity index is 907. The third-order valence-corrected chi connectivity index (χ3v) is 6.83. The van der Waals surface area contributed by atoms with Gasteiger partial charge in [-0.2, -0.15) is 0 Å². The van der Waals surface area contributed by atoms with E-state index in [2.05, 4.69) is 81.7 Å². The third-order valence-electron chi connectivity index (χ3n) is 6.83. The first-order valence-electron chi connectivity index (χ1n) is 14.6. The van der Waals surface area contributed by atoms with Gasteiger partial charge >= 0.3 is 0 Å². The highest BCUT2D eigenvalue weighted by atomic mass is 16.3. The maximum Gasteiger partial charge on any atom is 0.139 e. The minimum atomic E-state index is 0.367. The van der Waals surface area contributed by atoms with Gasteiger partial charge in [0.2, 0.25) is 0 Å². The molecular weight excluding hydrogens is 456 g/mol. The normalized spacial score (nSPS) is 16.3. The number of nitrogens with zero attached hydrogens (tertiary/aromatic N) is 3. The second-order valence-electron chi connectivity index (χ2n) is 10.1. The zero-order valence-electron chi connectivity index (χ0n) is 25.0. The van der Waals surface area contributed by atoms with E-state index in [4.69, 9.17) is 5.11 Å². The first-order chi connectivity index (χ1) is 17.8. The molecule has 1 aliphatic rings. The number of aromatic nitrogens is 2. The molecule has 1 saturated heterocycles. The largest absolute Gasteiger partial charge is 0.508 e. The smallest absolute Gasteiger partial charge is 0.139 e. The van der Waals surface area contributed by atoms with E-state index < -0.39 is 0 Å². The predicted octanol–water partition coefficient (Wildman–Crippen LogP) is 7.96. The number of allylic oxidation sites excluding steroid dienone is 2. The van der Waals surface area contributed by atoms with Crippen LogP contribution in [0.5, 0.6) is 5.75 Å². The van der Waals surface area contributed by atoms with Crippen LogP contribution < -0.4 is 10.2 Å². The second kappa shape index (κ2) is 18.8. The number of unbranched alkanes of at least 4 members (excludes halogenated alkanes) is 3. The van der Waals surface area contributed by atoms with E-state index in [-0.39, 0.29) is 0 Å². The van der Waals surface area contributed by atoms with Gasteiger partial charge in [0, 0.05) is 31.2 Å². The Balaban J connectivity index is 0.000000353. The topological polar surface area (TPSA) is 61.3 Å². The number of piperazine rings is 1. The molecule has 37 heavy (non-hydrogen) atoms. The van der Waals surface area contributed by atoms with E-state index in [1.807, 2.05) is 18.2 Å². The molecule has 0 bridgehead atoms. The zero-order valence-corrected chi connectivity index (χ0v) is 25.0. The van der Waals surface area contributed by atoms with Gasteiger partial charge in [0.1, 0.15) is 17.9 Å². The van der Waals surface area contributed by atoms with Crippen molar-refractivity contribution in [3.8, 4) is 5.75 Å². The van der Waals surface area contributed by atoms with Crippen molar-refractivity contribution in [3.05, 3.63) is 53.5 Å². The lowest BCUT2D eigenvalue weighted by Gasteiger charge is -2.34. The molecule has 2 heterocycles. The van der Waals surface area contributed by atoms with Crippen molar-refractivity contribution >= 4 is 11.4 Å². The molecule has 0 amide bonds. The first-order valence-corrected chi connectivity index (χ1v) is 14.6. The molecule has 2 aromatic rings. The van der Waals surface area contributed by atoms with Crippen molar-refractivity contribution in [1.29, 1.82) is 0 Å². The van der Waals surface area contributed by atoms with E-state index >= 15 is 0 Å². The van der Waals surface area contributed by atoms with Crippen LogP contribution in [0.3, 0.4) is 0 Å². The van der Waals surface area contributed by atoms with Crippen molar-refractivity contribution in [2.75, 3.05) is 24.5 Å². The van der Waals surface area contributed by atoms with Crippen LogP contribution in [0.25, 0.3) is 5.57 Å². The lowest BCUT2D eigenvalue weighted by atomic mass is 9.90. The average Bonchev–Trinajstić information content (AvgIpc) is 2.89. The highest BCUT2D eigenvalue weighted by Crippen LogP contribution is 2.33. The molecule has 0 saturated carbocycles. The Hall–Kier alpha value is -2.40. The van der Waals surface area contributed by atoms with Crippen LogP contribution in [0, 0.1) is 12.8 Å². The van der Waals surface area contributed by atoms with Crippen LogP contribution in [-0.4, -0.2) is 40.8 Å². The maximum absolute atomic E-state index is 9.04. The lowest BCUT2D eigenvalue weighted by molar-refractivity contribution is 0.474. The summed E-state index contributed by atoms with van der Waals surface area (Å²) in [6.07, 6.45) is 12.8. The average molecular weight is 511 g/mol. The van der Waals surface area contributed by atoms with Crippen LogP contribution in [0.2, 0.25) is 0 Å². The van der Waals surface area contributed by atoms with Crippen molar-refractivity contribution in [2.24, 2.45) is 5.92 Å². The summed E-state index contributed by atoms with van der Waals surface area (Å²) in [5, 5.41) is 12.5. The number of phenolic OH excluding ortho intramolecular Hbond substituents is 1. The summed E-state index contributed by atoms with van der Waals surface area (Å²) < 4.78 is 0. The van der Waals surface area contributed by atoms with Crippen molar-refractivity contribution in [2.45, 2.75) is 106 Å². The van der Waals surface area contributed by atoms with E-state index in [1.54, 1.807) is 12.4 Å². The fraction of sp³-hybridized carbons (Fsp3) is 0.625. The molecule has 5 heteroatoms. The summed E-state index contributed by atoms with van der Waals surface area (Å²) >= 11 is 0. The molecule has 0 aliphatic carbocycles. The SMILES string of the molecule is C/C=C(\c1c(C)ncnc1N1CCNC(C)C1)C(C)CC.CCCCCC.CCCc1cccc(O)c1. The summed E-state index contributed by atoms with van der Waals surface area (Å²) in [5.74, 6) is 1.99. The molecule has 2 atom stereocenters. The second-order valence-corrected chi connectivity index (χ2v) is 10.1. The Kier molecular flexibility index (Phi) is 16.6. The van der Waals surface area contributed by atoms with Crippen LogP contribution in [0.4, 0.5) is 5.82 Å². The molecule has 3 rings (SSSR count). The summed E-state index contributed by atoms with van der Waals surface area (Å²) in [6.45, 7) is 20.6. The fourth-order valence-corrected chi connectivity index (χ4v) is 4.56. The minimum Gasteiger partial charge on any atom is -0.508 e. The van der Waals surface area contributed by atoms with Gasteiger partial charge < -0.3 is 15.3 Å². The molecule has 2 N–H and O–H groups in total. The van der Waals surface area contributed by atoms with Gasteiger partial charge in [-0.15, -0.1) is 0 Å². The zero-order chi connectivity index (χ0) is 27.6. The highest BCUT2D eigenvalue weighted by molar-refractivity contribution is 5.77. The number of anilines is 1. The number of rotatable bonds is 9. The molecule has 1 fully saturated rings. The van der Waals surface area contributed by atoms with Gasteiger partial charge in [-0.3, -0.25) is 0 Å². The van der Waals surface area contributed by atoms with E-state index in [1.165, 1.54) is 42.4 Å². The molecular formula is C32H54N4O. The van der Waals surface area contributed by atoms with Gasteiger partial charge in [0.15, 0.2) is 0 Å². The molecule has 1 aliphatic heterocycles. The number of hydrogen-bond donors (Lipinski definition) is 2. The van der Waals surface area contributed by atoms with Gasteiger partial charge in [-0.25, -0.2) is 9.97 Å². The van der Waals surface area contributed by atoms with E-state index in [9.17, 15) is 0 Å². The van der Waals surface area contributed by atoms with Crippen LogP contribution >= 0.6 is 0 Å². The van der Waals surface area contributed by atoms with Crippen LogP contribution in [-0.2, 0) is 6.42 Å². The molecule has 0 spiro atoms. The fourth-order valence-electron chi connectivity index (χ4n) is 4.56. The van der Waals surface area contributed by atoms with Crippen LogP contribution in [0.1, 0.15) is 104 Å². The minimum absolute atomic E-state index is 0.367. The van der Waals surface area contributed by atoms with Gasteiger partial charge in [0.25, 0.3) is 0 Å². The lowest BCUT2D eigenvalue weighted by Crippen LogP contribution is -2.49. The Morgan fingerprint density at radius 1 is 1.14 bits per heavy atom. The Morgan fingerprint density at radius 2 is 1.84 bits per heavy atom. The first kappa shape index (κ1) is 32.6. The quantitative estimate of drug-likeness (QED) is 0.335. The van der Waals surface area contributed by atoms with E-state index in [0.29, 0.717) is 17.7 Å². The predicted molar refractivity (Wildman–Crippen MR) is 161 cm³/mol. The molecule has 1 aromatic heterocycles. The number of nitrogens with one attached hydrogen (secondary N) is 1. The Labute approximate surface area is 227 Å².